The lowest BCUT2D eigenvalue weighted by Gasteiger charge is -2.23. The number of nitrogens with zero attached hydrogens (tertiary/aromatic N) is 2. The lowest BCUT2D eigenvalue weighted by Crippen LogP contribution is -2.32. The number of hydrogen-bond donors (Lipinski definition) is 1. The van der Waals surface area contributed by atoms with E-state index in [0.29, 0.717) is 11.8 Å². The average Bonchev–Trinajstić information content (AvgIpc) is 2.63. The van der Waals surface area contributed by atoms with Crippen molar-refractivity contribution < 1.29 is 0 Å². The molecule has 2 aromatic rings. The van der Waals surface area contributed by atoms with Crippen molar-refractivity contribution in [2.45, 2.75) is 33.2 Å². The second kappa shape index (κ2) is 5.11. The molecule has 0 aliphatic carbocycles. The van der Waals surface area contributed by atoms with Crippen LogP contribution < -0.4 is 5.73 Å². The minimum atomic E-state index is 0.200. The van der Waals surface area contributed by atoms with Gasteiger partial charge in [0.25, 0.3) is 0 Å². The summed E-state index contributed by atoms with van der Waals surface area (Å²) in [6.07, 6.45) is 0.955. The fourth-order valence-corrected chi connectivity index (χ4v) is 2.69. The lowest BCUT2D eigenvalue weighted by atomic mass is 9.85. The van der Waals surface area contributed by atoms with Crippen molar-refractivity contribution in [3.05, 3.63) is 30.0 Å². The van der Waals surface area contributed by atoms with E-state index in [0.717, 1.165) is 6.42 Å². The molecular weight excluding hydrogens is 222 g/mol. The Balaban J connectivity index is 2.37. The average molecular weight is 245 g/mol. The molecule has 2 N–H and O–H groups in total. The fraction of sp³-hybridized carbons (Fsp3) is 0.533. The molecule has 0 saturated heterocycles. The van der Waals surface area contributed by atoms with E-state index < -0.39 is 0 Å². The van der Waals surface area contributed by atoms with E-state index in [4.69, 9.17) is 5.73 Å². The van der Waals surface area contributed by atoms with Gasteiger partial charge in [0.2, 0.25) is 0 Å². The van der Waals surface area contributed by atoms with Gasteiger partial charge in [-0.2, -0.15) is 5.10 Å². The minimum Gasteiger partial charge on any atom is -0.328 e. The molecular formula is C15H23N3. The zero-order chi connectivity index (χ0) is 13.3. The van der Waals surface area contributed by atoms with Gasteiger partial charge in [-0.3, -0.25) is 4.68 Å². The number of benzene rings is 1. The van der Waals surface area contributed by atoms with Crippen LogP contribution in [0.3, 0.4) is 0 Å². The molecule has 0 radical (unpaired) electrons. The number of fused-ring (bicyclic) bond motifs is 1. The van der Waals surface area contributed by atoms with Crippen molar-refractivity contribution in [3.8, 4) is 0 Å². The van der Waals surface area contributed by atoms with Gasteiger partial charge < -0.3 is 5.73 Å². The quantitative estimate of drug-likeness (QED) is 0.900. The Hall–Kier alpha value is -1.35. The van der Waals surface area contributed by atoms with Crippen LogP contribution in [0.5, 0.6) is 0 Å². The largest absolute Gasteiger partial charge is 0.328 e. The van der Waals surface area contributed by atoms with Crippen LogP contribution in [0.15, 0.2) is 24.3 Å². The highest BCUT2D eigenvalue weighted by Gasteiger charge is 2.21. The molecule has 98 valence electrons. The van der Waals surface area contributed by atoms with Crippen LogP contribution in [0.4, 0.5) is 0 Å². The normalized spacial score (nSPS) is 15.2. The molecule has 0 aliphatic heterocycles. The molecule has 1 aromatic carbocycles. The van der Waals surface area contributed by atoms with Crippen molar-refractivity contribution >= 4 is 10.9 Å². The minimum absolute atomic E-state index is 0.200. The molecule has 0 bridgehead atoms. The SMILES string of the molecule is CC(C)C(Cc1nn(C)c2ccccc12)C(C)N. The van der Waals surface area contributed by atoms with Crippen LogP contribution in [-0.2, 0) is 13.5 Å². The zero-order valence-corrected chi connectivity index (χ0v) is 11.7. The molecule has 2 rings (SSSR count). The maximum Gasteiger partial charge on any atom is 0.0706 e. The Morgan fingerprint density at radius 3 is 2.50 bits per heavy atom. The molecule has 18 heavy (non-hydrogen) atoms. The second-order valence-electron chi connectivity index (χ2n) is 5.56. The van der Waals surface area contributed by atoms with Crippen LogP contribution in [0.1, 0.15) is 26.5 Å². The van der Waals surface area contributed by atoms with Gasteiger partial charge in [-0.1, -0.05) is 32.0 Å². The Morgan fingerprint density at radius 1 is 1.22 bits per heavy atom. The monoisotopic (exact) mass is 245 g/mol. The Labute approximate surface area is 109 Å². The Kier molecular flexibility index (Phi) is 3.71. The Bertz CT molecular complexity index is 518. The van der Waals surface area contributed by atoms with Crippen molar-refractivity contribution in [1.82, 2.24) is 9.78 Å². The van der Waals surface area contributed by atoms with Gasteiger partial charge in [0.1, 0.15) is 0 Å². The van der Waals surface area contributed by atoms with E-state index in [1.165, 1.54) is 16.6 Å². The molecule has 0 fully saturated rings. The molecule has 0 spiro atoms. The van der Waals surface area contributed by atoms with Gasteiger partial charge in [0.15, 0.2) is 0 Å². The molecule has 1 aromatic heterocycles. The molecule has 0 amide bonds. The van der Waals surface area contributed by atoms with Crippen LogP contribution in [0, 0.1) is 11.8 Å². The van der Waals surface area contributed by atoms with Gasteiger partial charge >= 0.3 is 0 Å². The van der Waals surface area contributed by atoms with Crippen molar-refractivity contribution in [2.24, 2.45) is 24.6 Å². The predicted molar refractivity (Wildman–Crippen MR) is 76.4 cm³/mol. The standard InChI is InChI=1S/C15H23N3/c1-10(2)13(11(3)16)9-14-12-7-5-6-8-15(12)18(4)17-14/h5-8,10-11,13H,9,16H2,1-4H3. The van der Waals surface area contributed by atoms with E-state index in [1.807, 2.05) is 11.7 Å². The van der Waals surface area contributed by atoms with E-state index in [-0.39, 0.29) is 6.04 Å². The van der Waals surface area contributed by atoms with Crippen LogP contribution in [-0.4, -0.2) is 15.8 Å². The number of rotatable bonds is 4. The maximum absolute atomic E-state index is 6.10. The summed E-state index contributed by atoms with van der Waals surface area (Å²) in [7, 11) is 2.00. The molecule has 0 saturated carbocycles. The van der Waals surface area contributed by atoms with Gasteiger partial charge in [0.05, 0.1) is 11.2 Å². The zero-order valence-electron chi connectivity index (χ0n) is 11.7. The van der Waals surface area contributed by atoms with Crippen molar-refractivity contribution in [2.75, 3.05) is 0 Å². The summed E-state index contributed by atoms with van der Waals surface area (Å²) in [5.41, 5.74) is 8.47. The molecule has 0 aliphatic rings. The summed E-state index contributed by atoms with van der Waals surface area (Å²) in [5, 5.41) is 5.91. The summed E-state index contributed by atoms with van der Waals surface area (Å²) in [4.78, 5) is 0. The van der Waals surface area contributed by atoms with E-state index in [1.54, 1.807) is 0 Å². The highest BCUT2D eigenvalue weighted by molar-refractivity contribution is 5.81. The van der Waals surface area contributed by atoms with Crippen LogP contribution >= 0.6 is 0 Å². The van der Waals surface area contributed by atoms with Crippen molar-refractivity contribution in [3.63, 3.8) is 0 Å². The third-order valence-corrected chi connectivity index (χ3v) is 3.80. The summed E-state index contributed by atoms with van der Waals surface area (Å²) in [5.74, 6) is 1.05. The third kappa shape index (κ3) is 2.41. The highest BCUT2D eigenvalue weighted by atomic mass is 15.3. The summed E-state index contributed by atoms with van der Waals surface area (Å²) >= 11 is 0. The number of aromatic nitrogens is 2. The Morgan fingerprint density at radius 2 is 1.89 bits per heavy atom. The molecule has 3 nitrogen and oxygen atoms in total. The topological polar surface area (TPSA) is 43.8 Å². The number of hydrogen-bond acceptors (Lipinski definition) is 2. The van der Waals surface area contributed by atoms with Gasteiger partial charge in [-0.15, -0.1) is 0 Å². The number of para-hydroxylation sites is 1. The van der Waals surface area contributed by atoms with E-state index >= 15 is 0 Å². The molecule has 3 heteroatoms. The van der Waals surface area contributed by atoms with Gasteiger partial charge in [0, 0.05) is 18.5 Å². The first-order valence-electron chi connectivity index (χ1n) is 6.67. The lowest BCUT2D eigenvalue weighted by molar-refractivity contribution is 0.327. The second-order valence-corrected chi connectivity index (χ2v) is 5.56. The highest BCUT2D eigenvalue weighted by Crippen LogP contribution is 2.24. The number of aryl methyl sites for hydroxylation is 1. The van der Waals surface area contributed by atoms with E-state index in [2.05, 4.69) is 50.1 Å². The van der Waals surface area contributed by atoms with E-state index in [9.17, 15) is 0 Å². The van der Waals surface area contributed by atoms with Crippen molar-refractivity contribution in [1.29, 1.82) is 0 Å². The van der Waals surface area contributed by atoms with Crippen LogP contribution in [0.25, 0.3) is 10.9 Å². The molecule has 2 atom stereocenters. The first-order valence-corrected chi connectivity index (χ1v) is 6.67. The molecule has 2 unspecified atom stereocenters. The third-order valence-electron chi connectivity index (χ3n) is 3.80. The fourth-order valence-electron chi connectivity index (χ4n) is 2.69. The summed E-state index contributed by atoms with van der Waals surface area (Å²) in [6, 6.07) is 8.59. The summed E-state index contributed by atoms with van der Waals surface area (Å²) in [6.45, 7) is 6.56. The molecule has 1 heterocycles. The predicted octanol–water partition coefficient (Wildman–Crippen LogP) is 2.74. The van der Waals surface area contributed by atoms with Crippen LogP contribution in [0.2, 0.25) is 0 Å². The smallest absolute Gasteiger partial charge is 0.0706 e. The maximum atomic E-state index is 6.10. The van der Waals surface area contributed by atoms with Gasteiger partial charge in [-0.25, -0.2) is 0 Å². The number of nitrogens with two attached hydrogens (primary N) is 1. The summed E-state index contributed by atoms with van der Waals surface area (Å²) < 4.78 is 1.96. The first-order chi connectivity index (χ1) is 8.50. The van der Waals surface area contributed by atoms with Gasteiger partial charge in [-0.05, 0) is 31.2 Å². The first kappa shape index (κ1) is 13.1.